The molecular weight excluding hydrogens is 397 g/mol. The van der Waals surface area contributed by atoms with Crippen LogP contribution >= 0.6 is 23.2 Å². The number of aryl methyl sites for hydroxylation is 1. The standard InChI is InChI=1S/C18H15Cl2NO6/c1-9-2-4-10(5-3-9)17-18(20,21(25)26)16(24)13-7-11(19)6-12(14(23)8-22)15(13)27-17/h2-7,16-17,22,24H,8H2,1H3/t16-,17-,18+/m0/s1. The first-order chi connectivity index (χ1) is 12.7. The Kier molecular flexibility index (Phi) is 5.14. The van der Waals surface area contributed by atoms with Crippen molar-refractivity contribution < 1.29 is 24.7 Å². The minimum absolute atomic E-state index is 0.0457. The number of aliphatic hydroxyl groups is 2. The number of ketones is 1. The summed E-state index contributed by atoms with van der Waals surface area (Å²) in [4.78, 5) is 20.6. The van der Waals surface area contributed by atoms with Crippen LogP contribution in [0.25, 0.3) is 0 Å². The van der Waals surface area contributed by atoms with E-state index in [1.807, 2.05) is 6.92 Å². The van der Waals surface area contributed by atoms with Gasteiger partial charge in [-0.1, -0.05) is 41.4 Å². The molecule has 0 fully saturated rings. The predicted molar refractivity (Wildman–Crippen MR) is 98.0 cm³/mol. The number of carbonyl (C=O) groups is 1. The lowest BCUT2D eigenvalue weighted by Gasteiger charge is -2.38. The average Bonchev–Trinajstić information content (AvgIpc) is 2.64. The Morgan fingerprint density at radius 3 is 2.52 bits per heavy atom. The summed E-state index contributed by atoms with van der Waals surface area (Å²) in [6.07, 6.45) is -3.20. The molecule has 0 radical (unpaired) electrons. The van der Waals surface area contributed by atoms with Crippen molar-refractivity contribution in [1.82, 2.24) is 0 Å². The van der Waals surface area contributed by atoms with Crippen LogP contribution in [-0.2, 0) is 0 Å². The fourth-order valence-electron chi connectivity index (χ4n) is 3.04. The van der Waals surface area contributed by atoms with Gasteiger partial charge in [-0.3, -0.25) is 14.9 Å². The first-order valence-electron chi connectivity index (χ1n) is 7.92. The highest BCUT2D eigenvalue weighted by atomic mass is 35.5. The Bertz CT molecular complexity index is 917. The van der Waals surface area contributed by atoms with Crippen LogP contribution in [0, 0.1) is 17.0 Å². The zero-order chi connectivity index (χ0) is 19.9. The summed E-state index contributed by atoms with van der Waals surface area (Å²) in [5.74, 6) is -0.790. The molecule has 0 unspecified atom stereocenters. The maximum atomic E-state index is 12.1. The van der Waals surface area contributed by atoms with Crippen molar-refractivity contribution in [3.63, 3.8) is 0 Å². The highest BCUT2D eigenvalue weighted by molar-refractivity contribution is 6.31. The zero-order valence-corrected chi connectivity index (χ0v) is 15.6. The molecule has 27 heavy (non-hydrogen) atoms. The van der Waals surface area contributed by atoms with Gasteiger partial charge >= 0.3 is 5.00 Å². The quantitative estimate of drug-likeness (QED) is 0.262. The number of hydrogen-bond donors (Lipinski definition) is 2. The summed E-state index contributed by atoms with van der Waals surface area (Å²) in [5.41, 5.74) is 1.10. The second kappa shape index (κ2) is 7.09. The molecule has 3 atom stereocenters. The number of Topliss-reactive ketones (excluding diaryl/α,β-unsaturated/α-hetero) is 1. The van der Waals surface area contributed by atoms with Crippen LogP contribution in [0.15, 0.2) is 36.4 Å². The Hall–Kier alpha value is -2.19. The minimum atomic E-state index is -2.44. The van der Waals surface area contributed by atoms with E-state index >= 15 is 0 Å². The first kappa shape index (κ1) is 19.6. The molecule has 3 rings (SSSR count). The topological polar surface area (TPSA) is 110 Å². The number of rotatable bonds is 4. The third-order valence-corrected chi connectivity index (χ3v) is 5.23. The number of hydrogen-bond acceptors (Lipinski definition) is 6. The molecule has 2 N–H and O–H groups in total. The van der Waals surface area contributed by atoms with Gasteiger partial charge in [0, 0.05) is 16.1 Å². The molecule has 1 aliphatic rings. The van der Waals surface area contributed by atoms with E-state index in [9.17, 15) is 25.1 Å². The molecule has 1 heterocycles. The van der Waals surface area contributed by atoms with E-state index in [0.29, 0.717) is 5.56 Å². The fourth-order valence-corrected chi connectivity index (χ4v) is 3.56. The molecule has 0 saturated carbocycles. The van der Waals surface area contributed by atoms with E-state index in [0.717, 1.165) is 5.56 Å². The van der Waals surface area contributed by atoms with Crippen molar-refractivity contribution in [1.29, 1.82) is 0 Å². The van der Waals surface area contributed by atoms with Crippen molar-refractivity contribution in [3.05, 3.63) is 73.8 Å². The van der Waals surface area contributed by atoms with Crippen molar-refractivity contribution in [2.24, 2.45) is 0 Å². The maximum Gasteiger partial charge on any atom is 0.364 e. The first-order valence-corrected chi connectivity index (χ1v) is 8.68. The predicted octanol–water partition coefficient (Wildman–Crippen LogP) is 3.20. The number of alkyl halides is 1. The second-order valence-corrected chi connectivity index (χ2v) is 7.29. The summed E-state index contributed by atoms with van der Waals surface area (Å²) in [5, 5.41) is 31.8. The van der Waals surface area contributed by atoms with Crippen molar-refractivity contribution in [2.75, 3.05) is 6.61 Å². The molecule has 0 bridgehead atoms. The van der Waals surface area contributed by atoms with Crippen LogP contribution in [0.5, 0.6) is 5.75 Å². The normalized spacial score (nSPS) is 24.0. The smallest absolute Gasteiger partial charge is 0.364 e. The molecule has 0 aromatic heterocycles. The SMILES string of the molecule is Cc1ccc([C@@H]2Oc3c(C(=O)CO)cc(Cl)cc3[C@H](O)[C@@]2(Cl)[N+](=O)[O-])cc1. The summed E-state index contributed by atoms with van der Waals surface area (Å²) in [7, 11) is 0. The van der Waals surface area contributed by atoms with Gasteiger partial charge in [0.1, 0.15) is 12.4 Å². The van der Waals surface area contributed by atoms with E-state index in [4.69, 9.17) is 27.9 Å². The second-order valence-electron chi connectivity index (χ2n) is 6.25. The number of aliphatic hydroxyl groups excluding tert-OH is 2. The molecule has 142 valence electrons. The van der Waals surface area contributed by atoms with Crippen LogP contribution in [0.4, 0.5) is 0 Å². The molecule has 0 aliphatic carbocycles. The van der Waals surface area contributed by atoms with E-state index in [2.05, 4.69) is 0 Å². The molecular formula is C18H15Cl2NO6. The van der Waals surface area contributed by atoms with E-state index in [1.165, 1.54) is 12.1 Å². The average molecular weight is 412 g/mol. The number of benzene rings is 2. The van der Waals surface area contributed by atoms with Crippen LogP contribution in [0.1, 0.15) is 39.3 Å². The molecule has 7 nitrogen and oxygen atoms in total. The number of ether oxygens (including phenoxy) is 1. The number of fused-ring (bicyclic) bond motifs is 1. The van der Waals surface area contributed by atoms with E-state index < -0.39 is 34.5 Å². The highest BCUT2D eigenvalue weighted by Gasteiger charge is 2.62. The molecule has 2 aromatic carbocycles. The third-order valence-electron chi connectivity index (χ3n) is 4.47. The van der Waals surface area contributed by atoms with Crippen LogP contribution in [0.2, 0.25) is 5.02 Å². The highest BCUT2D eigenvalue weighted by Crippen LogP contribution is 2.53. The van der Waals surface area contributed by atoms with E-state index in [1.54, 1.807) is 24.3 Å². The van der Waals surface area contributed by atoms with Gasteiger partial charge in [0.25, 0.3) is 0 Å². The third kappa shape index (κ3) is 3.17. The minimum Gasteiger partial charge on any atom is -0.475 e. The Morgan fingerprint density at radius 2 is 1.96 bits per heavy atom. The number of halogens is 2. The largest absolute Gasteiger partial charge is 0.475 e. The van der Waals surface area contributed by atoms with Gasteiger partial charge in [-0.15, -0.1) is 0 Å². The van der Waals surface area contributed by atoms with Gasteiger partial charge in [-0.2, -0.15) is 0 Å². The lowest BCUT2D eigenvalue weighted by atomic mass is 9.87. The summed E-state index contributed by atoms with van der Waals surface area (Å²) >= 11 is 12.3. The van der Waals surface area contributed by atoms with Crippen LogP contribution < -0.4 is 4.74 Å². The fraction of sp³-hybridized carbons (Fsp3) is 0.278. The molecule has 0 spiro atoms. The molecule has 2 aromatic rings. The number of nitro groups is 1. The lowest BCUT2D eigenvalue weighted by Crippen LogP contribution is -2.49. The Morgan fingerprint density at radius 1 is 1.33 bits per heavy atom. The summed E-state index contributed by atoms with van der Waals surface area (Å²) < 4.78 is 5.79. The number of carbonyl (C=O) groups excluding carboxylic acids is 1. The van der Waals surface area contributed by atoms with Crippen molar-refractivity contribution >= 4 is 29.0 Å². The van der Waals surface area contributed by atoms with Crippen LogP contribution in [0.3, 0.4) is 0 Å². The van der Waals surface area contributed by atoms with Crippen molar-refractivity contribution in [3.8, 4) is 5.75 Å². The maximum absolute atomic E-state index is 12.1. The Labute approximate surface area is 164 Å². The molecule has 0 saturated heterocycles. The van der Waals surface area contributed by atoms with Gasteiger partial charge in [-0.25, -0.2) is 0 Å². The van der Waals surface area contributed by atoms with Gasteiger partial charge in [-0.05, 0) is 30.7 Å². The zero-order valence-electron chi connectivity index (χ0n) is 14.1. The molecule has 9 heteroatoms. The lowest BCUT2D eigenvalue weighted by molar-refractivity contribution is -0.570. The summed E-state index contributed by atoms with van der Waals surface area (Å²) in [6.45, 7) is 1.03. The molecule has 0 amide bonds. The Balaban J connectivity index is 2.25. The van der Waals surface area contributed by atoms with E-state index in [-0.39, 0.29) is 21.9 Å². The van der Waals surface area contributed by atoms with Gasteiger partial charge in [0.2, 0.25) is 6.10 Å². The van der Waals surface area contributed by atoms with Crippen LogP contribution in [-0.4, -0.2) is 32.5 Å². The van der Waals surface area contributed by atoms with Gasteiger partial charge in [0.15, 0.2) is 11.9 Å². The number of nitrogens with zero attached hydrogens (tertiary/aromatic N) is 1. The molecule has 1 aliphatic heterocycles. The monoisotopic (exact) mass is 411 g/mol. The summed E-state index contributed by atoms with van der Waals surface area (Å²) in [6, 6.07) is 9.16. The van der Waals surface area contributed by atoms with Gasteiger partial charge < -0.3 is 14.9 Å². The van der Waals surface area contributed by atoms with Gasteiger partial charge in [0.05, 0.1) is 10.5 Å². The van der Waals surface area contributed by atoms with Crippen molar-refractivity contribution in [2.45, 2.75) is 24.1 Å².